The zero-order valence-electron chi connectivity index (χ0n) is 11.1. The molecule has 0 radical (unpaired) electrons. The zero-order valence-corrected chi connectivity index (χ0v) is 11.8. The number of hydrogen-bond acceptors (Lipinski definition) is 3. The Bertz CT molecular complexity index is 1090. The van der Waals surface area contributed by atoms with Crippen molar-refractivity contribution in [2.75, 3.05) is 0 Å². The molecule has 2 aromatic heterocycles. The number of para-hydroxylation sites is 2. The lowest BCUT2D eigenvalue weighted by Crippen LogP contribution is -2.20. The van der Waals surface area contributed by atoms with Gasteiger partial charge < -0.3 is 0 Å². The van der Waals surface area contributed by atoms with E-state index in [9.17, 15) is 9.18 Å². The average molecular weight is 315 g/mol. The van der Waals surface area contributed by atoms with E-state index in [4.69, 9.17) is 11.6 Å². The third-order valence-corrected chi connectivity index (χ3v) is 3.61. The fourth-order valence-corrected chi connectivity index (χ4v) is 2.61. The number of benzene rings is 2. The monoisotopic (exact) mass is 314 g/mol. The molecule has 108 valence electrons. The molecule has 0 aliphatic heterocycles. The summed E-state index contributed by atoms with van der Waals surface area (Å²) < 4.78 is 15.9. The molecule has 0 spiro atoms. The molecule has 0 unspecified atom stereocenters. The van der Waals surface area contributed by atoms with Gasteiger partial charge in [0.1, 0.15) is 5.82 Å². The van der Waals surface area contributed by atoms with E-state index in [-0.39, 0.29) is 10.8 Å². The first-order valence-electron chi connectivity index (χ1n) is 6.47. The first-order chi connectivity index (χ1) is 10.6. The van der Waals surface area contributed by atoms with Crippen LogP contribution < -0.4 is 5.69 Å². The van der Waals surface area contributed by atoms with Gasteiger partial charge in [0.05, 0.1) is 16.7 Å². The van der Waals surface area contributed by atoms with Gasteiger partial charge in [-0.05, 0) is 30.3 Å². The topological polar surface area (TPSA) is 52.2 Å². The molecular weight excluding hydrogens is 307 g/mol. The molecular formula is C15H8ClFN4O. The maximum absolute atomic E-state index is 13.4. The van der Waals surface area contributed by atoms with E-state index < -0.39 is 11.5 Å². The highest BCUT2D eigenvalue weighted by Crippen LogP contribution is 2.19. The number of nitrogens with zero attached hydrogens (tertiary/aromatic N) is 4. The lowest BCUT2D eigenvalue weighted by Gasteiger charge is -2.00. The minimum atomic E-state index is -0.449. The maximum Gasteiger partial charge on any atom is 0.355 e. The van der Waals surface area contributed by atoms with Gasteiger partial charge in [0.15, 0.2) is 10.8 Å². The summed E-state index contributed by atoms with van der Waals surface area (Å²) in [6, 6.07) is 12.8. The highest BCUT2D eigenvalue weighted by atomic mass is 35.5. The van der Waals surface area contributed by atoms with Crippen molar-refractivity contribution in [3.05, 3.63) is 70.0 Å². The summed E-state index contributed by atoms with van der Waals surface area (Å²) in [4.78, 5) is 16.9. The molecule has 0 aliphatic rings. The smallest absolute Gasteiger partial charge is 0.245 e. The Morgan fingerprint density at radius 3 is 2.73 bits per heavy atom. The van der Waals surface area contributed by atoms with E-state index in [1.807, 2.05) is 0 Å². The van der Waals surface area contributed by atoms with Crippen molar-refractivity contribution in [3.8, 4) is 5.69 Å². The second-order valence-corrected chi connectivity index (χ2v) is 5.08. The highest BCUT2D eigenvalue weighted by Gasteiger charge is 2.15. The second-order valence-electron chi connectivity index (χ2n) is 4.72. The van der Waals surface area contributed by atoms with Crippen LogP contribution in [-0.2, 0) is 0 Å². The van der Waals surface area contributed by atoms with Gasteiger partial charge >= 0.3 is 5.69 Å². The Labute approximate surface area is 128 Å². The van der Waals surface area contributed by atoms with Crippen LogP contribution >= 0.6 is 11.6 Å². The summed E-state index contributed by atoms with van der Waals surface area (Å²) in [7, 11) is 0. The van der Waals surface area contributed by atoms with Crippen LogP contribution in [0, 0.1) is 5.82 Å². The van der Waals surface area contributed by atoms with Gasteiger partial charge in [0.2, 0.25) is 0 Å². The Balaban J connectivity index is 2.16. The first-order valence-corrected chi connectivity index (χ1v) is 6.85. The Kier molecular flexibility index (Phi) is 2.74. The Hall–Kier alpha value is -2.73. The van der Waals surface area contributed by atoms with Crippen LogP contribution in [0.25, 0.3) is 22.4 Å². The number of fused-ring (bicyclic) bond motifs is 3. The lowest BCUT2D eigenvalue weighted by atomic mass is 10.3. The summed E-state index contributed by atoms with van der Waals surface area (Å²) in [5.74, 6) is -0.449. The predicted octanol–water partition coefficient (Wildman–Crippen LogP) is 2.83. The van der Waals surface area contributed by atoms with Crippen LogP contribution in [0.15, 0.2) is 53.3 Å². The summed E-state index contributed by atoms with van der Waals surface area (Å²) in [6.45, 7) is 0. The predicted molar refractivity (Wildman–Crippen MR) is 81.1 cm³/mol. The van der Waals surface area contributed by atoms with Crippen LogP contribution in [-0.4, -0.2) is 19.2 Å². The van der Waals surface area contributed by atoms with Crippen molar-refractivity contribution >= 4 is 28.3 Å². The molecule has 0 amide bonds. The first kappa shape index (κ1) is 13.0. The van der Waals surface area contributed by atoms with Crippen LogP contribution in [0.4, 0.5) is 4.39 Å². The molecule has 0 N–H and O–H groups in total. The molecule has 0 fully saturated rings. The number of aromatic nitrogens is 4. The largest absolute Gasteiger partial charge is 0.355 e. The fourth-order valence-electron chi connectivity index (χ4n) is 2.40. The second kappa shape index (κ2) is 4.64. The molecule has 22 heavy (non-hydrogen) atoms. The third kappa shape index (κ3) is 1.81. The van der Waals surface area contributed by atoms with Crippen molar-refractivity contribution in [2.24, 2.45) is 0 Å². The van der Waals surface area contributed by atoms with Crippen molar-refractivity contribution in [1.82, 2.24) is 19.2 Å². The van der Waals surface area contributed by atoms with Crippen molar-refractivity contribution < 1.29 is 4.39 Å². The standard InChI is InChI=1S/C15H8ClFN4O/c16-13-14-19-21(10-5-3-4-9(17)8-10)15(22)20(14)12-7-2-1-6-11(12)18-13/h1-8H. The normalized spacial score (nSPS) is 11.4. The summed E-state index contributed by atoms with van der Waals surface area (Å²) in [5.41, 5.74) is 1.31. The van der Waals surface area contributed by atoms with Gasteiger partial charge in [-0.25, -0.2) is 18.6 Å². The van der Waals surface area contributed by atoms with Crippen LogP contribution in [0.2, 0.25) is 5.15 Å². The Morgan fingerprint density at radius 1 is 1.09 bits per heavy atom. The van der Waals surface area contributed by atoms with Gasteiger partial charge in [0, 0.05) is 0 Å². The molecule has 0 saturated carbocycles. The van der Waals surface area contributed by atoms with Gasteiger partial charge in [0.25, 0.3) is 0 Å². The minimum absolute atomic E-state index is 0.117. The van der Waals surface area contributed by atoms with Gasteiger partial charge in [-0.15, -0.1) is 5.10 Å². The van der Waals surface area contributed by atoms with Gasteiger partial charge in [-0.2, -0.15) is 4.68 Å². The quantitative estimate of drug-likeness (QED) is 0.543. The van der Waals surface area contributed by atoms with Crippen LogP contribution in [0.3, 0.4) is 0 Å². The lowest BCUT2D eigenvalue weighted by molar-refractivity contribution is 0.625. The van der Waals surface area contributed by atoms with E-state index in [2.05, 4.69) is 10.1 Å². The third-order valence-electron chi connectivity index (χ3n) is 3.36. The van der Waals surface area contributed by atoms with E-state index in [1.165, 1.54) is 22.6 Å². The summed E-state index contributed by atoms with van der Waals surface area (Å²) in [6.07, 6.45) is 0. The van der Waals surface area contributed by atoms with Crippen LogP contribution in [0.1, 0.15) is 0 Å². The summed E-state index contributed by atoms with van der Waals surface area (Å²) >= 11 is 6.12. The molecule has 5 nitrogen and oxygen atoms in total. The molecule has 2 aromatic carbocycles. The van der Waals surface area contributed by atoms with E-state index in [0.717, 1.165) is 4.68 Å². The van der Waals surface area contributed by atoms with E-state index in [1.54, 1.807) is 30.3 Å². The van der Waals surface area contributed by atoms with E-state index >= 15 is 0 Å². The molecule has 0 saturated heterocycles. The van der Waals surface area contributed by atoms with Crippen molar-refractivity contribution in [3.63, 3.8) is 0 Å². The number of hydrogen-bond donors (Lipinski definition) is 0. The number of halogens is 2. The van der Waals surface area contributed by atoms with E-state index in [0.29, 0.717) is 16.7 Å². The fraction of sp³-hybridized carbons (Fsp3) is 0. The number of rotatable bonds is 1. The molecule has 0 atom stereocenters. The zero-order chi connectivity index (χ0) is 15.3. The summed E-state index contributed by atoms with van der Waals surface area (Å²) in [5, 5.41) is 4.30. The SMILES string of the molecule is O=c1n(-c2cccc(F)c2)nc2c(Cl)nc3ccccc3n12. The van der Waals surface area contributed by atoms with Gasteiger partial charge in [-0.1, -0.05) is 29.8 Å². The van der Waals surface area contributed by atoms with Crippen molar-refractivity contribution in [2.45, 2.75) is 0 Å². The highest BCUT2D eigenvalue weighted by molar-refractivity contribution is 6.32. The average Bonchev–Trinajstić information content (AvgIpc) is 2.86. The molecule has 4 aromatic rings. The molecule has 0 bridgehead atoms. The molecule has 2 heterocycles. The molecule has 7 heteroatoms. The maximum atomic E-state index is 13.4. The Morgan fingerprint density at radius 2 is 1.91 bits per heavy atom. The van der Waals surface area contributed by atoms with Crippen LogP contribution in [0.5, 0.6) is 0 Å². The van der Waals surface area contributed by atoms with Crippen molar-refractivity contribution in [1.29, 1.82) is 0 Å². The molecule has 4 rings (SSSR count). The molecule has 0 aliphatic carbocycles. The van der Waals surface area contributed by atoms with Gasteiger partial charge in [-0.3, -0.25) is 0 Å². The minimum Gasteiger partial charge on any atom is -0.245 e.